The summed E-state index contributed by atoms with van der Waals surface area (Å²) in [7, 11) is -2.19. The summed E-state index contributed by atoms with van der Waals surface area (Å²) in [5, 5.41) is 0. The van der Waals surface area contributed by atoms with Gasteiger partial charge in [-0.25, -0.2) is 8.42 Å². The Kier molecular flexibility index (Phi) is 5.05. The van der Waals surface area contributed by atoms with Gasteiger partial charge in [-0.2, -0.15) is 0 Å². The molecule has 0 unspecified atom stereocenters. The van der Waals surface area contributed by atoms with Gasteiger partial charge in [0.25, 0.3) is 0 Å². The van der Waals surface area contributed by atoms with Crippen LogP contribution in [0.2, 0.25) is 0 Å². The van der Waals surface area contributed by atoms with Crippen LogP contribution in [0.1, 0.15) is 25.7 Å². The molecule has 1 fully saturated rings. The molecule has 1 aliphatic rings. The Balaban J connectivity index is 1.74. The fraction of sp³-hybridized carbons (Fsp3) is 0.571. The van der Waals surface area contributed by atoms with Crippen LogP contribution in [0.15, 0.2) is 24.3 Å². The number of piperidine rings is 1. The van der Waals surface area contributed by atoms with Gasteiger partial charge in [0.15, 0.2) is 0 Å². The van der Waals surface area contributed by atoms with Crippen LogP contribution in [0, 0.1) is 12.0 Å². The zero-order chi connectivity index (χ0) is 12.8. The first-order chi connectivity index (χ1) is 8.75. The summed E-state index contributed by atoms with van der Waals surface area (Å²) < 4.78 is 21.0. The van der Waals surface area contributed by atoms with E-state index in [2.05, 4.69) is 23.1 Å². The van der Waals surface area contributed by atoms with Crippen molar-refractivity contribution in [3.8, 4) is 0 Å². The van der Waals surface area contributed by atoms with Gasteiger partial charge in [0.1, 0.15) is 10.7 Å². The van der Waals surface area contributed by atoms with E-state index in [-0.39, 0.29) is 0 Å². The molecule has 1 aromatic carbocycles. The molecule has 1 aliphatic heterocycles. The Morgan fingerprint density at radius 3 is 2.50 bits per heavy atom. The second-order valence-corrected chi connectivity index (χ2v) is 6.00. The summed E-state index contributed by atoms with van der Waals surface area (Å²) in [6.07, 6.45) is 4.23. The fourth-order valence-electron chi connectivity index (χ4n) is 2.58. The van der Waals surface area contributed by atoms with Crippen molar-refractivity contribution in [2.75, 3.05) is 23.7 Å². The number of benzene rings is 1. The normalized spacial score (nSPS) is 17.3. The Bertz CT molecular complexity index is 415. The van der Waals surface area contributed by atoms with Crippen molar-refractivity contribution in [3.63, 3.8) is 0 Å². The second kappa shape index (κ2) is 6.78. The number of hydrogen-bond acceptors (Lipinski definition) is 3. The Labute approximate surface area is 111 Å². The molecule has 0 saturated carbocycles. The summed E-state index contributed by atoms with van der Waals surface area (Å²) in [6.45, 7) is 2.16. The topological polar surface area (TPSA) is 37.4 Å². The first kappa shape index (κ1) is 13.4. The fourth-order valence-corrected chi connectivity index (χ4v) is 3.02. The lowest BCUT2D eigenvalue weighted by molar-refractivity contribution is 0.379. The number of rotatable bonds is 5. The molecule has 0 bridgehead atoms. The maximum absolute atomic E-state index is 10.5. The summed E-state index contributed by atoms with van der Waals surface area (Å²) in [6, 6.07) is 11.1. The molecule has 1 radical (unpaired) electrons. The highest BCUT2D eigenvalue weighted by Crippen LogP contribution is 2.25. The lowest BCUT2D eigenvalue weighted by Gasteiger charge is -2.33. The lowest BCUT2D eigenvalue weighted by Crippen LogP contribution is -2.33. The third-order valence-electron chi connectivity index (χ3n) is 3.63. The molecule has 0 aromatic heterocycles. The molecule has 99 valence electrons. The van der Waals surface area contributed by atoms with Gasteiger partial charge in [-0.15, -0.1) is 0 Å². The highest BCUT2D eigenvalue weighted by molar-refractivity contribution is 7.72. The molecule has 1 heterocycles. The van der Waals surface area contributed by atoms with Crippen LogP contribution in [0.5, 0.6) is 0 Å². The van der Waals surface area contributed by atoms with Crippen LogP contribution >= 0.6 is 0 Å². The van der Waals surface area contributed by atoms with Crippen LogP contribution in [0.4, 0.5) is 5.69 Å². The van der Waals surface area contributed by atoms with Gasteiger partial charge in [0.2, 0.25) is 0 Å². The monoisotopic (exact) mass is 266 g/mol. The molecule has 2 rings (SSSR count). The minimum Gasteiger partial charge on any atom is -0.372 e. The zero-order valence-electron chi connectivity index (χ0n) is 10.5. The van der Waals surface area contributed by atoms with Gasteiger partial charge < -0.3 is 4.90 Å². The molecule has 1 saturated heterocycles. The van der Waals surface area contributed by atoms with E-state index in [0.29, 0.717) is 11.7 Å². The average Bonchev–Trinajstić information content (AvgIpc) is 2.40. The third-order valence-corrected chi connectivity index (χ3v) is 4.31. The number of hydrogen-bond donors (Lipinski definition) is 1. The van der Waals surface area contributed by atoms with E-state index in [1.807, 2.05) is 12.1 Å². The first-order valence-electron chi connectivity index (χ1n) is 6.58. The quantitative estimate of drug-likeness (QED) is 0.829. The van der Waals surface area contributed by atoms with Crippen molar-refractivity contribution in [2.45, 2.75) is 25.7 Å². The predicted molar refractivity (Wildman–Crippen MR) is 74.6 cm³/mol. The molecule has 0 amide bonds. The standard InChI is InChI=1S/C14H20NO2S/c16-18(17)12-4-5-13-8-10-15(11-9-13)14-6-2-1-3-7-14/h2-3,6-7,13,18H,4-5,8-12H2. The maximum atomic E-state index is 10.5. The Morgan fingerprint density at radius 1 is 1.22 bits per heavy atom. The second-order valence-electron chi connectivity index (χ2n) is 4.89. The molecular formula is C14H20NO2S. The smallest absolute Gasteiger partial charge is 0.140 e. The van der Waals surface area contributed by atoms with Crippen molar-refractivity contribution in [2.24, 2.45) is 5.92 Å². The molecule has 0 spiro atoms. The predicted octanol–water partition coefficient (Wildman–Crippen LogP) is 2.09. The molecule has 18 heavy (non-hydrogen) atoms. The van der Waals surface area contributed by atoms with E-state index < -0.39 is 10.7 Å². The Hall–Kier alpha value is -1.03. The minimum atomic E-state index is -2.19. The zero-order valence-corrected chi connectivity index (χ0v) is 11.4. The Morgan fingerprint density at radius 2 is 1.89 bits per heavy atom. The largest absolute Gasteiger partial charge is 0.372 e. The van der Waals surface area contributed by atoms with Gasteiger partial charge in [0, 0.05) is 24.5 Å². The molecule has 1 aromatic rings. The number of nitrogens with zero attached hydrogens (tertiary/aromatic N) is 1. The van der Waals surface area contributed by atoms with Crippen molar-refractivity contribution < 1.29 is 8.42 Å². The van der Waals surface area contributed by atoms with Gasteiger partial charge >= 0.3 is 0 Å². The number of anilines is 1. The van der Waals surface area contributed by atoms with E-state index >= 15 is 0 Å². The van der Waals surface area contributed by atoms with Gasteiger partial charge in [-0.3, -0.25) is 0 Å². The summed E-state index contributed by atoms with van der Waals surface area (Å²) in [4.78, 5) is 2.40. The number of thiol groups is 1. The highest BCUT2D eigenvalue weighted by atomic mass is 32.2. The van der Waals surface area contributed by atoms with Gasteiger partial charge in [-0.1, -0.05) is 12.1 Å². The molecule has 0 aliphatic carbocycles. The molecule has 0 N–H and O–H groups in total. The van der Waals surface area contributed by atoms with Crippen LogP contribution < -0.4 is 4.90 Å². The van der Waals surface area contributed by atoms with Crippen molar-refractivity contribution in [1.29, 1.82) is 0 Å². The van der Waals surface area contributed by atoms with Crippen LogP contribution in [0.25, 0.3) is 0 Å². The highest BCUT2D eigenvalue weighted by Gasteiger charge is 2.18. The average molecular weight is 266 g/mol. The molecule has 0 atom stereocenters. The molecular weight excluding hydrogens is 246 g/mol. The van der Waals surface area contributed by atoms with E-state index in [0.717, 1.165) is 25.9 Å². The van der Waals surface area contributed by atoms with Crippen molar-refractivity contribution >= 4 is 16.4 Å². The van der Waals surface area contributed by atoms with E-state index in [4.69, 9.17) is 0 Å². The molecule has 4 heteroatoms. The minimum absolute atomic E-state index is 0.351. The van der Waals surface area contributed by atoms with Crippen LogP contribution in [-0.2, 0) is 10.7 Å². The first-order valence-corrected chi connectivity index (χ1v) is 7.95. The summed E-state index contributed by atoms with van der Waals surface area (Å²) >= 11 is 0. The summed E-state index contributed by atoms with van der Waals surface area (Å²) in [5.41, 5.74) is 1.27. The van der Waals surface area contributed by atoms with Crippen LogP contribution in [-0.4, -0.2) is 27.3 Å². The van der Waals surface area contributed by atoms with E-state index in [1.165, 1.54) is 18.5 Å². The SMILES string of the molecule is O=[SH](=O)CCCC1CCN(c2cc[c]cc2)CC1. The molecule has 3 nitrogen and oxygen atoms in total. The van der Waals surface area contributed by atoms with Gasteiger partial charge in [-0.05, 0) is 49.8 Å². The van der Waals surface area contributed by atoms with E-state index in [1.54, 1.807) is 0 Å². The maximum Gasteiger partial charge on any atom is 0.140 e. The van der Waals surface area contributed by atoms with Crippen molar-refractivity contribution in [3.05, 3.63) is 30.3 Å². The van der Waals surface area contributed by atoms with Crippen molar-refractivity contribution in [1.82, 2.24) is 0 Å². The lowest BCUT2D eigenvalue weighted by atomic mass is 9.92. The summed E-state index contributed by atoms with van der Waals surface area (Å²) in [5.74, 6) is 1.05. The van der Waals surface area contributed by atoms with E-state index in [9.17, 15) is 8.42 Å². The third kappa shape index (κ3) is 4.02. The van der Waals surface area contributed by atoms with Gasteiger partial charge in [0.05, 0.1) is 0 Å². The van der Waals surface area contributed by atoms with Crippen LogP contribution in [0.3, 0.4) is 0 Å².